The van der Waals surface area contributed by atoms with Gasteiger partial charge in [-0.1, -0.05) is 160 Å². The van der Waals surface area contributed by atoms with Crippen LogP contribution < -0.4 is 9.30 Å². The van der Waals surface area contributed by atoms with Gasteiger partial charge in [-0.3, -0.25) is 4.57 Å². The molecule has 0 aliphatic carbocycles. The fourth-order valence-electron chi connectivity index (χ4n) is 8.36. The summed E-state index contributed by atoms with van der Waals surface area (Å²) >= 11 is 0. The topological polar surface area (TPSA) is 35.9 Å². The fraction of sp³-hybridized carbons (Fsp3) is 0.241. The number of benzene rings is 6. The fourth-order valence-corrected chi connectivity index (χ4v) is 8.36. The Labute approximate surface area is 393 Å². The molecule has 3 heterocycles. The molecule has 0 fully saturated rings. The van der Waals surface area contributed by atoms with Crippen LogP contribution in [0.4, 0.5) is 0 Å². The van der Waals surface area contributed by atoms with Crippen LogP contribution in [-0.2, 0) is 31.9 Å². The van der Waals surface area contributed by atoms with E-state index in [-0.39, 0.29) is 37.3 Å². The molecule has 6 aromatic carbocycles. The molecule has 9 aromatic rings. The molecule has 0 bridgehead atoms. The van der Waals surface area contributed by atoms with Crippen molar-refractivity contribution in [2.75, 3.05) is 0 Å². The molecule has 0 spiro atoms. The van der Waals surface area contributed by atoms with Gasteiger partial charge >= 0.3 is 0 Å². The molecule has 0 radical (unpaired) electrons. The number of ether oxygens (including phenoxy) is 1. The molecule has 0 saturated carbocycles. The molecule has 5 nitrogen and oxygen atoms in total. The van der Waals surface area contributed by atoms with Crippen molar-refractivity contribution >= 4 is 21.8 Å². The number of para-hydroxylation sites is 2. The Morgan fingerprint density at radius 3 is 1.98 bits per heavy atom. The average Bonchev–Trinajstić information content (AvgIpc) is 3.89. The second-order valence-corrected chi connectivity index (χ2v) is 20.0. The SMILES string of the molecule is CC(c1ccnc(-n2c3[c-]c(Oc4[c-]c(-n5[c-][n+](-c6c(-c7ccccc7)cccc6-c6cc(C(C)(C)C)cc(C(C)(C)C)c6)cc5)ccc4)ccc3c3ccccc32)c1)C(C)(C)C.[Pt]. The number of hydrogen-bond acceptors (Lipinski definition) is 2. The second-order valence-electron chi connectivity index (χ2n) is 20.0. The van der Waals surface area contributed by atoms with Crippen molar-refractivity contribution in [2.24, 2.45) is 5.41 Å². The molecule has 0 amide bonds. The van der Waals surface area contributed by atoms with Crippen molar-refractivity contribution in [3.63, 3.8) is 0 Å². The summed E-state index contributed by atoms with van der Waals surface area (Å²) < 4.78 is 12.9. The van der Waals surface area contributed by atoms with Crippen LogP contribution in [0.3, 0.4) is 0 Å². The summed E-state index contributed by atoms with van der Waals surface area (Å²) in [5.74, 6) is 2.39. The van der Waals surface area contributed by atoms with Crippen molar-refractivity contribution in [3.05, 3.63) is 187 Å². The quantitative estimate of drug-likeness (QED) is 0.112. The Bertz CT molecular complexity index is 3090. The molecule has 326 valence electrons. The first-order chi connectivity index (χ1) is 30.0. The normalized spacial score (nSPS) is 12.7. The van der Waals surface area contributed by atoms with Crippen molar-refractivity contribution < 1.29 is 30.4 Å². The average molecular weight is 1020 g/mol. The number of hydrogen-bond donors (Lipinski definition) is 0. The largest absolute Gasteiger partial charge is 0.510 e. The Hall–Kier alpha value is -6.03. The zero-order valence-corrected chi connectivity index (χ0v) is 40.8. The third-order valence-corrected chi connectivity index (χ3v) is 12.5. The van der Waals surface area contributed by atoms with Crippen molar-refractivity contribution in [2.45, 2.75) is 86.0 Å². The van der Waals surface area contributed by atoms with Crippen LogP contribution >= 0.6 is 0 Å². The standard InChI is InChI=1S/C58H56N4O.Pt/c1-39(56(2,3)4)41-28-29-59-54(34-41)62-52-25-15-14-22-50(52)51-27-26-47(37-53(51)62)63-46-21-16-20-45(36-46)60-30-31-61(38-60)55-48(40-18-12-11-13-19-40)23-17-24-49(55)42-32-43(57(5,6)7)35-44(33-42)58(8,9)10;/h11-35,39H,1-10H3;/q-2;. The van der Waals surface area contributed by atoms with Crippen LogP contribution in [0.5, 0.6) is 11.5 Å². The van der Waals surface area contributed by atoms with Gasteiger partial charge < -0.3 is 13.9 Å². The number of aromatic nitrogens is 4. The van der Waals surface area contributed by atoms with E-state index in [1.165, 1.54) is 22.3 Å². The van der Waals surface area contributed by atoms with Crippen LogP contribution in [0.25, 0.3) is 61.3 Å². The summed E-state index contributed by atoms with van der Waals surface area (Å²) in [4.78, 5) is 4.89. The van der Waals surface area contributed by atoms with E-state index in [0.29, 0.717) is 17.4 Å². The van der Waals surface area contributed by atoms with Gasteiger partial charge in [-0.2, -0.15) is 18.2 Å². The molecule has 1 unspecified atom stereocenters. The summed E-state index contributed by atoms with van der Waals surface area (Å²) in [6.45, 7) is 22.9. The van der Waals surface area contributed by atoms with Crippen LogP contribution in [0.1, 0.15) is 91.8 Å². The predicted octanol–water partition coefficient (Wildman–Crippen LogP) is 14.5. The van der Waals surface area contributed by atoms with E-state index >= 15 is 0 Å². The van der Waals surface area contributed by atoms with Gasteiger partial charge in [0, 0.05) is 56.7 Å². The minimum absolute atomic E-state index is 0. The summed E-state index contributed by atoms with van der Waals surface area (Å²) in [5, 5.41) is 2.23. The van der Waals surface area contributed by atoms with Crippen molar-refractivity contribution in [1.82, 2.24) is 14.1 Å². The van der Waals surface area contributed by atoms with Gasteiger partial charge in [-0.25, -0.2) is 4.98 Å². The summed E-state index contributed by atoms with van der Waals surface area (Å²) in [6.07, 6.45) is 9.70. The molecule has 1 atom stereocenters. The minimum Gasteiger partial charge on any atom is -0.510 e. The Morgan fingerprint density at radius 1 is 0.625 bits per heavy atom. The van der Waals surface area contributed by atoms with E-state index in [1.807, 2.05) is 41.2 Å². The number of nitrogens with zero attached hydrogens (tertiary/aromatic N) is 4. The minimum atomic E-state index is -0.0193. The molecule has 6 heteroatoms. The van der Waals surface area contributed by atoms with Crippen LogP contribution in [0.2, 0.25) is 0 Å². The van der Waals surface area contributed by atoms with Gasteiger partial charge in [0.2, 0.25) is 0 Å². The molecule has 0 aliphatic rings. The summed E-state index contributed by atoms with van der Waals surface area (Å²) in [6, 6.07) is 54.4. The monoisotopic (exact) mass is 1020 g/mol. The molecule has 64 heavy (non-hydrogen) atoms. The Kier molecular flexibility index (Phi) is 12.0. The van der Waals surface area contributed by atoms with Crippen LogP contribution in [0, 0.1) is 23.9 Å². The molecular formula is C58H56N4OPt-2. The molecule has 3 aromatic heterocycles. The number of imidazole rings is 1. The van der Waals surface area contributed by atoms with Crippen LogP contribution in [-0.4, -0.2) is 14.1 Å². The Balaban J connectivity index is 0.00000560. The number of pyridine rings is 1. The molecular weight excluding hydrogens is 964 g/mol. The first-order valence-corrected chi connectivity index (χ1v) is 22.0. The van der Waals surface area contributed by atoms with E-state index in [0.717, 1.165) is 55.7 Å². The van der Waals surface area contributed by atoms with Crippen LogP contribution in [0.15, 0.2) is 152 Å². The second kappa shape index (κ2) is 17.2. The maximum atomic E-state index is 6.59. The van der Waals surface area contributed by atoms with Gasteiger partial charge in [-0.05, 0) is 90.4 Å². The van der Waals surface area contributed by atoms with Gasteiger partial charge in [0.25, 0.3) is 6.33 Å². The van der Waals surface area contributed by atoms with Crippen molar-refractivity contribution in [3.8, 4) is 50.9 Å². The van der Waals surface area contributed by atoms with Gasteiger partial charge in [-0.15, -0.1) is 29.7 Å². The molecule has 0 aliphatic heterocycles. The third-order valence-electron chi connectivity index (χ3n) is 12.5. The molecule has 9 rings (SSSR count). The molecule has 0 N–H and O–H groups in total. The molecule has 0 saturated heterocycles. The first kappa shape index (κ1) is 44.6. The zero-order valence-electron chi connectivity index (χ0n) is 38.5. The maximum absolute atomic E-state index is 6.59. The number of rotatable bonds is 8. The smallest absolute Gasteiger partial charge is 0.267 e. The zero-order chi connectivity index (χ0) is 44.3. The maximum Gasteiger partial charge on any atom is 0.267 e. The first-order valence-electron chi connectivity index (χ1n) is 22.0. The predicted molar refractivity (Wildman–Crippen MR) is 259 cm³/mol. The van der Waals surface area contributed by atoms with Gasteiger partial charge in [0.1, 0.15) is 5.82 Å². The number of fused-ring (bicyclic) bond motifs is 3. The van der Waals surface area contributed by atoms with E-state index in [9.17, 15) is 0 Å². The van der Waals surface area contributed by atoms with E-state index < -0.39 is 0 Å². The third kappa shape index (κ3) is 8.76. The summed E-state index contributed by atoms with van der Waals surface area (Å²) in [5.41, 5.74) is 12.4. The Morgan fingerprint density at radius 2 is 1.28 bits per heavy atom. The van der Waals surface area contributed by atoms with E-state index in [1.54, 1.807) is 0 Å². The summed E-state index contributed by atoms with van der Waals surface area (Å²) in [7, 11) is 0. The van der Waals surface area contributed by atoms with E-state index in [4.69, 9.17) is 9.72 Å². The van der Waals surface area contributed by atoms with Crippen molar-refractivity contribution in [1.29, 1.82) is 0 Å². The van der Waals surface area contributed by atoms with E-state index in [2.05, 4.69) is 212 Å². The van der Waals surface area contributed by atoms with Gasteiger partial charge in [0.05, 0.1) is 5.69 Å². The van der Waals surface area contributed by atoms with Gasteiger partial charge in [0.15, 0.2) is 0 Å².